The van der Waals surface area contributed by atoms with Crippen LogP contribution in [0.3, 0.4) is 0 Å². The van der Waals surface area contributed by atoms with Crippen molar-refractivity contribution < 1.29 is 51.0 Å². The molecule has 0 fully saturated rings. The van der Waals surface area contributed by atoms with Gasteiger partial charge in [-0.1, -0.05) is 46.0 Å². The van der Waals surface area contributed by atoms with Crippen molar-refractivity contribution in [3.8, 4) is 0 Å². The van der Waals surface area contributed by atoms with Crippen molar-refractivity contribution in [2.24, 2.45) is 0 Å². The van der Waals surface area contributed by atoms with Crippen LogP contribution in [0, 0.1) is 6.58 Å². The van der Waals surface area contributed by atoms with Gasteiger partial charge in [0, 0.05) is 0 Å². The first-order chi connectivity index (χ1) is 4.27. The van der Waals surface area contributed by atoms with Gasteiger partial charge in [-0.2, -0.15) is 0 Å². The third-order valence-electron chi connectivity index (χ3n) is 1.42. The van der Waals surface area contributed by atoms with E-state index in [-0.39, 0.29) is 74.1 Å². The Morgan fingerprint density at radius 2 is 1.54 bits per heavy atom. The van der Waals surface area contributed by atoms with Gasteiger partial charge in [0.1, 0.15) is 0 Å². The summed E-state index contributed by atoms with van der Waals surface area (Å²) < 4.78 is 0. The molecule has 0 rings (SSSR count). The van der Waals surface area contributed by atoms with Gasteiger partial charge in [0.05, 0.1) is 0 Å². The number of unbranched alkanes of at least 4 members (excludes halogenated alkanes) is 3. The minimum absolute atomic E-state index is 0. The molecule has 0 aliphatic rings. The summed E-state index contributed by atoms with van der Waals surface area (Å²) >= 11 is 0. The zero-order valence-electron chi connectivity index (χ0n) is 8.38. The maximum absolute atomic E-state index is 5.49. The molecule has 0 aromatic carbocycles. The normalized spacial score (nSPS) is 6.62. The Balaban J connectivity index is -0.0000000533. The first-order valence-corrected chi connectivity index (χ1v) is 3.85. The van der Waals surface area contributed by atoms with E-state index in [9.17, 15) is 0 Å². The second-order valence-corrected chi connectivity index (χ2v) is 2.66. The molecule has 0 amide bonds. The van der Waals surface area contributed by atoms with Gasteiger partial charge in [-0.15, -0.1) is 0 Å². The van der Waals surface area contributed by atoms with Crippen molar-refractivity contribution in [1.29, 1.82) is 0 Å². The second-order valence-electron chi connectivity index (χ2n) is 2.66. The molecule has 0 saturated carbocycles. The summed E-state index contributed by atoms with van der Waals surface area (Å²) in [5.41, 5.74) is 1.08. The predicted octanol–water partition coefficient (Wildman–Crippen LogP) is -3.04. The smallest absolute Gasteiger partial charge is 1.00 e. The molecule has 0 aromatic rings. The Labute approximate surface area is 131 Å². The van der Waals surface area contributed by atoms with Crippen molar-refractivity contribution in [2.45, 2.75) is 46.0 Å². The molecule has 0 heterocycles. The van der Waals surface area contributed by atoms with Crippen LogP contribution in [0.1, 0.15) is 46.0 Å². The second kappa shape index (κ2) is 23.7. The van der Waals surface area contributed by atoms with Gasteiger partial charge in [-0.25, -0.2) is 0 Å². The van der Waals surface area contributed by atoms with Gasteiger partial charge in [0.15, 0.2) is 0 Å². The van der Waals surface area contributed by atoms with Crippen molar-refractivity contribution in [1.82, 2.24) is 0 Å². The van der Waals surface area contributed by atoms with Gasteiger partial charge in [0.2, 0.25) is 0 Å². The molecule has 0 unspecified atom stereocenters. The first kappa shape index (κ1) is 29.4. The molecule has 0 spiro atoms. The molecule has 0 saturated heterocycles. The topological polar surface area (TPSA) is 0 Å². The minimum atomic E-state index is 0. The van der Waals surface area contributed by atoms with E-state index in [1.807, 2.05) is 6.92 Å². The largest absolute Gasteiger partial charge is 2.00 e. The zero-order valence-corrected chi connectivity index (χ0v) is 13.9. The van der Waals surface area contributed by atoms with Crippen LogP contribution in [0.5, 0.6) is 0 Å². The monoisotopic (exact) mass is 370 g/mol. The molecular formula is C9H17Br2CuMg. The van der Waals surface area contributed by atoms with E-state index in [0.29, 0.717) is 0 Å². The SMILES string of the molecule is [Br-].[Br-].[CH-]=C(C)CCCCCC.[Cu+].[Mg+2]. The number of hydrogen-bond donors (Lipinski definition) is 0. The fourth-order valence-corrected chi connectivity index (χ4v) is 0.831. The number of halogens is 2. The zero-order chi connectivity index (χ0) is 7.11. The summed E-state index contributed by atoms with van der Waals surface area (Å²) in [6.45, 7) is 9.70. The maximum Gasteiger partial charge on any atom is 2.00 e. The molecule has 0 N–H and O–H groups in total. The number of hydrogen-bond acceptors (Lipinski definition) is 0. The molecule has 0 aliphatic heterocycles. The van der Waals surface area contributed by atoms with Crippen molar-refractivity contribution >= 4 is 23.1 Å². The van der Waals surface area contributed by atoms with Crippen molar-refractivity contribution in [2.75, 3.05) is 0 Å². The van der Waals surface area contributed by atoms with Gasteiger partial charge >= 0.3 is 40.1 Å². The summed E-state index contributed by atoms with van der Waals surface area (Å²) in [5, 5.41) is 0. The molecule has 0 aromatic heterocycles. The average molecular weight is 373 g/mol. The predicted molar refractivity (Wildman–Crippen MR) is 48.0 cm³/mol. The van der Waals surface area contributed by atoms with Gasteiger partial charge < -0.3 is 40.5 Å². The van der Waals surface area contributed by atoms with E-state index < -0.39 is 0 Å². The quantitative estimate of drug-likeness (QED) is 0.273. The third-order valence-corrected chi connectivity index (χ3v) is 1.42. The Morgan fingerprint density at radius 3 is 1.85 bits per heavy atom. The van der Waals surface area contributed by atoms with E-state index in [4.69, 9.17) is 6.58 Å². The molecule has 0 radical (unpaired) electrons. The maximum atomic E-state index is 5.49. The Morgan fingerprint density at radius 1 is 1.08 bits per heavy atom. The van der Waals surface area contributed by atoms with Crippen LogP contribution < -0.4 is 34.0 Å². The van der Waals surface area contributed by atoms with Crippen molar-refractivity contribution in [3.63, 3.8) is 0 Å². The molecule has 0 nitrogen and oxygen atoms in total. The number of rotatable bonds is 5. The molecule has 13 heavy (non-hydrogen) atoms. The summed E-state index contributed by atoms with van der Waals surface area (Å²) in [4.78, 5) is 0. The fourth-order valence-electron chi connectivity index (χ4n) is 0.831. The van der Waals surface area contributed by atoms with Crippen LogP contribution in [0.25, 0.3) is 0 Å². The summed E-state index contributed by atoms with van der Waals surface area (Å²) in [6, 6.07) is 0. The molecular weight excluding hydrogens is 356 g/mol. The summed E-state index contributed by atoms with van der Waals surface area (Å²) in [5.74, 6) is 0. The first-order valence-electron chi connectivity index (χ1n) is 3.85. The number of allylic oxidation sites excluding steroid dienone is 1. The van der Waals surface area contributed by atoms with E-state index in [2.05, 4.69) is 6.92 Å². The summed E-state index contributed by atoms with van der Waals surface area (Å²) in [7, 11) is 0. The molecule has 80 valence electrons. The van der Waals surface area contributed by atoms with Crippen molar-refractivity contribution in [3.05, 3.63) is 12.2 Å². The molecule has 0 atom stereocenters. The van der Waals surface area contributed by atoms with E-state index in [1.165, 1.54) is 25.7 Å². The van der Waals surface area contributed by atoms with Gasteiger partial charge in [-0.3, -0.25) is 5.57 Å². The van der Waals surface area contributed by atoms with Crippen LogP contribution in [-0.4, -0.2) is 23.1 Å². The minimum Gasteiger partial charge on any atom is -1.00 e. The van der Waals surface area contributed by atoms with E-state index in [1.54, 1.807) is 0 Å². The summed E-state index contributed by atoms with van der Waals surface area (Å²) in [6.07, 6.45) is 6.39. The Kier molecular flexibility index (Phi) is 53.5. The van der Waals surface area contributed by atoms with Crippen LogP contribution in [0.15, 0.2) is 5.57 Å². The van der Waals surface area contributed by atoms with Crippen LogP contribution in [-0.2, 0) is 17.1 Å². The van der Waals surface area contributed by atoms with Gasteiger partial charge in [0.25, 0.3) is 0 Å². The van der Waals surface area contributed by atoms with Crippen LogP contribution in [0.4, 0.5) is 0 Å². The Bertz CT molecular complexity index is 89.7. The van der Waals surface area contributed by atoms with Crippen LogP contribution in [0.2, 0.25) is 0 Å². The van der Waals surface area contributed by atoms with Crippen LogP contribution >= 0.6 is 0 Å². The third kappa shape index (κ3) is 31.5. The standard InChI is InChI=1S/C9H17.2BrH.Cu.Mg/c1-4-5-6-7-8-9(2)3;;;;/h2H,4-8H2,1,3H3;2*1H;;/q-1;;;+1;+2/p-2. The Hall–Kier alpha value is 1.99. The molecule has 0 aliphatic carbocycles. The van der Waals surface area contributed by atoms with E-state index in [0.717, 1.165) is 12.0 Å². The molecule has 4 heteroatoms. The van der Waals surface area contributed by atoms with Gasteiger partial charge in [-0.05, 0) is 0 Å². The fraction of sp³-hybridized carbons (Fsp3) is 0.778. The average Bonchev–Trinajstić information content (AvgIpc) is 1.80. The van der Waals surface area contributed by atoms with E-state index >= 15 is 0 Å². The molecule has 0 bridgehead atoms.